The van der Waals surface area contributed by atoms with Crippen LogP contribution in [0.3, 0.4) is 0 Å². The molecule has 1 amide bonds. The van der Waals surface area contributed by atoms with Crippen LogP contribution in [-0.4, -0.2) is 23.5 Å². The van der Waals surface area contributed by atoms with E-state index in [4.69, 9.17) is 9.47 Å². The molecular weight excluding hydrogens is 316 g/mol. The lowest BCUT2D eigenvalue weighted by atomic mass is 10.1. The van der Waals surface area contributed by atoms with Gasteiger partial charge in [0, 0.05) is 29.6 Å². The topological polar surface area (TPSA) is 60.5 Å². The Morgan fingerprint density at radius 2 is 2.04 bits per heavy atom. The molecule has 0 radical (unpaired) electrons. The van der Waals surface area contributed by atoms with Crippen molar-refractivity contribution in [2.24, 2.45) is 0 Å². The second kappa shape index (κ2) is 8.51. The van der Waals surface area contributed by atoms with E-state index in [2.05, 4.69) is 10.3 Å². The van der Waals surface area contributed by atoms with Crippen molar-refractivity contribution < 1.29 is 14.3 Å². The Labute approximate surface area is 148 Å². The fourth-order valence-corrected chi connectivity index (χ4v) is 3.02. The fourth-order valence-electron chi connectivity index (χ4n) is 3.02. The van der Waals surface area contributed by atoms with Crippen molar-refractivity contribution in [1.82, 2.24) is 10.3 Å². The van der Waals surface area contributed by atoms with Gasteiger partial charge in [-0.25, -0.2) is 0 Å². The normalized spacial score (nSPS) is 14.3. The number of pyridine rings is 1. The van der Waals surface area contributed by atoms with E-state index in [1.807, 2.05) is 19.1 Å². The second-order valence-electron chi connectivity index (χ2n) is 6.20. The average molecular weight is 340 g/mol. The molecule has 0 bridgehead atoms. The minimum atomic E-state index is -0.0494. The smallest absolute Gasteiger partial charge is 0.251 e. The van der Waals surface area contributed by atoms with E-state index in [0.717, 1.165) is 18.4 Å². The van der Waals surface area contributed by atoms with Gasteiger partial charge in [-0.05, 0) is 44.0 Å². The highest BCUT2D eigenvalue weighted by Crippen LogP contribution is 2.29. The third kappa shape index (κ3) is 4.72. The first-order valence-corrected chi connectivity index (χ1v) is 8.85. The highest BCUT2D eigenvalue weighted by molar-refractivity contribution is 5.95. The number of carbonyl (C=O) groups is 1. The van der Waals surface area contributed by atoms with E-state index in [-0.39, 0.29) is 5.91 Å². The van der Waals surface area contributed by atoms with Gasteiger partial charge in [0.05, 0.1) is 6.61 Å². The Morgan fingerprint density at radius 3 is 2.76 bits per heavy atom. The van der Waals surface area contributed by atoms with Crippen LogP contribution in [0, 0.1) is 0 Å². The molecule has 5 nitrogen and oxygen atoms in total. The number of carbonyl (C=O) groups excluding carboxylic acids is 1. The van der Waals surface area contributed by atoms with Gasteiger partial charge in [0.1, 0.15) is 6.61 Å². The van der Waals surface area contributed by atoms with Gasteiger partial charge in [0.25, 0.3) is 5.91 Å². The minimum absolute atomic E-state index is 0.0494. The van der Waals surface area contributed by atoms with E-state index >= 15 is 0 Å². The zero-order valence-corrected chi connectivity index (χ0v) is 14.5. The number of nitrogens with zero attached hydrogens (tertiary/aromatic N) is 1. The first kappa shape index (κ1) is 17.3. The van der Waals surface area contributed by atoms with Crippen LogP contribution in [0.15, 0.2) is 42.7 Å². The molecule has 1 heterocycles. The number of ether oxygens (including phenoxy) is 2. The Morgan fingerprint density at radius 1 is 1.20 bits per heavy atom. The summed E-state index contributed by atoms with van der Waals surface area (Å²) in [5.74, 6) is 1.17. The lowest BCUT2D eigenvalue weighted by Crippen LogP contribution is -2.32. The molecular formula is C20H24N2O3. The van der Waals surface area contributed by atoms with E-state index < -0.39 is 0 Å². The summed E-state index contributed by atoms with van der Waals surface area (Å²) in [6.45, 7) is 2.83. The zero-order chi connectivity index (χ0) is 17.5. The van der Waals surface area contributed by atoms with Crippen LogP contribution in [0.4, 0.5) is 0 Å². The van der Waals surface area contributed by atoms with Crippen molar-refractivity contribution in [2.45, 2.75) is 45.3 Å². The lowest BCUT2D eigenvalue weighted by molar-refractivity contribution is 0.0937. The van der Waals surface area contributed by atoms with Gasteiger partial charge < -0.3 is 14.8 Å². The van der Waals surface area contributed by atoms with Crippen molar-refractivity contribution in [2.75, 3.05) is 6.61 Å². The quantitative estimate of drug-likeness (QED) is 0.834. The summed E-state index contributed by atoms with van der Waals surface area (Å²) in [5.41, 5.74) is 1.58. The third-order valence-corrected chi connectivity index (χ3v) is 4.31. The highest BCUT2D eigenvalue weighted by Gasteiger charge is 2.19. The van der Waals surface area contributed by atoms with Gasteiger partial charge in [-0.1, -0.05) is 18.9 Å². The highest BCUT2D eigenvalue weighted by atomic mass is 16.5. The summed E-state index contributed by atoms with van der Waals surface area (Å²) in [6.07, 6.45) is 8.01. The molecule has 0 unspecified atom stereocenters. The Bertz CT molecular complexity index is 697. The first-order valence-electron chi connectivity index (χ1n) is 8.85. The zero-order valence-electron chi connectivity index (χ0n) is 14.5. The van der Waals surface area contributed by atoms with Crippen LogP contribution in [-0.2, 0) is 6.61 Å². The molecule has 1 fully saturated rings. The Balaban J connectivity index is 1.69. The number of hydrogen-bond donors (Lipinski definition) is 1. The van der Waals surface area contributed by atoms with E-state index in [0.29, 0.717) is 36.3 Å². The largest absolute Gasteiger partial charge is 0.490 e. The first-order chi connectivity index (χ1) is 12.3. The molecule has 0 atom stereocenters. The predicted molar refractivity (Wildman–Crippen MR) is 95.9 cm³/mol. The van der Waals surface area contributed by atoms with Crippen LogP contribution < -0.4 is 14.8 Å². The number of benzene rings is 1. The van der Waals surface area contributed by atoms with Crippen LogP contribution in [0.5, 0.6) is 11.5 Å². The number of nitrogens with one attached hydrogen (secondary N) is 1. The standard InChI is InChI=1S/C20H24N2O3/c1-2-24-19-12-16(20(23)22-17-7-3-4-8-17)9-10-18(19)25-14-15-6-5-11-21-13-15/h5-6,9-13,17H,2-4,7-8,14H2,1H3,(H,22,23). The molecule has 5 heteroatoms. The monoisotopic (exact) mass is 340 g/mol. The summed E-state index contributed by atoms with van der Waals surface area (Å²) in [5, 5.41) is 3.10. The van der Waals surface area contributed by atoms with Gasteiger partial charge in [-0.15, -0.1) is 0 Å². The molecule has 1 aliphatic rings. The Hall–Kier alpha value is -2.56. The van der Waals surface area contributed by atoms with E-state index in [1.54, 1.807) is 30.6 Å². The molecule has 0 aliphatic heterocycles. The van der Waals surface area contributed by atoms with Crippen LogP contribution in [0.1, 0.15) is 48.5 Å². The maximum absolute atomic E-state index is 12.4. The van der Waals surface area contributed by atoms with Crippen molar-refractivity contribution >= 4 is 5.91 Å². The summed E-state index contributed by atoms with van der Waals surface area (Å²) in [7, 11) is 0. The number of hydrogen-bond acceptors (Lipinski definition) is 4. The van der Waals surface area contributed by atoms with Gasteiger partial charge in [0.2, 0.25) is 0 Å². The molecule has 25 heavy (non-hydrogen) atoms. The summed E-state index contributed by atoms with van der Waals surface area (Å²) < 4.78 is 11.5. The predicted octanol–water partition coefficient (Wildman–Crippen LogP) is 3.73. The van der Waals surface area contributed by atoms with Gasteiger partial charge in [-0.3, -0.25) is 9.78 Å². The molecule has 132 valence electrons. The molecule has 1 aromatic carbocycles. The maximum atomic E-state index is 12.4. The third-order valence-electron chi connectivity index (χ3n) is 4.31. The summed E-state index contributed by atoms with van der Waals surface area (Å²) >= 11 is 0. The van der Waals surface area contributed by atoms with Crippen molar-refractivity contribution in [3.63, 3.8) is 0 Å². The molecule has 1 aliphatic carbocycles. The second-order valence-corrected chi connectivity index (χ2v) is 6.20. The molecule has 1 aromatic heterocycles. The number of rotatable bonds is 7. The van der Waals surface area contributed by atoms with Crippen molar-refractivity contribution in [3.05, 3.63) is 53.9 Å². The molecule has 1 N–H and O–H groups in total. The van der Waals surface area contributed by atoms with Crippen LogP contribution in [0.25, 0.3) is 0 Å². The molecule has 0 spiro atoms. The number of aromatic nitrogens is 1. The molecule has 3 rings (SSSR count). The van der Waals surface area contributed by atoms with Crippen molar-refractivity contribution in [1.29, 1.82) is 0 Å². The molecule has 0 saturated heterocycles. The maximum Gasteiger partial charge on any atom is 0.251 e. The van der Waals surface area contributed by atoms with Crippen LogP contribution >= 0.6 is 0 Å². The van der Waals surface area contributed by atoms with Gasteiger partial charge in [0.15, 0.2) is 11.5 Å². The van der Waals surface area contributed by atoms with E-state index in [1.165, 1.54) is 12.8 Å². The molecule has 1 saturated carbocycles. The number of amides is 1. The van der Waals surface area contributed by atoms with E-state index in [9.17, 15) is 4.79 Å². The summed E-state index contributed by atoms with van der Waals surface area (Å²) in [6, 6.07) is 9.46. The summed E-state index contributed by atoms with van der Waals surface area (Å²) in [4.78, 5) is 16.5. The SMILES string of the molecule is CCOc1cc(C(=O)NC2CCCC2)ccc1OCc1cccnc1. The molecule has 2 aromatic rings. The average Bonchev–Trinajstić information content (AvgIpc) is 3.14. The minimum Gasteiger partial charge on any atom is -0.490 e. The lowest BCUT2D eigenvalue weighted by Gasteiger charge is -2.15. The van der Waals surface area contributed by atoms with Crippen molar-refractivity contribution in [3.8, 4) is 11.5 Å². The Kier molecular flexibility index (Phi) is 5.88. The van der Waals surface area contributed by atoms with Crippen LogP contribution in [0.2, 0.25) is 0 Å². The fraction of sp³-hybridized carbons (Fsp3) is 0.400. The van der Waals surface area contributed by atoms with Gasteiger partial charge >= 0.3 is 0 Å². The van der Waals surface area contributed by atoms with Gasteiger partial charge in [-0.2, -0.15) is 0 Å².